The molecule has 0 heterocycles. The fourth-order valence-corrected chi connectivity index (χ4v) is 0.498. The molecule has 68 valence electrons. The normalized spacial score (nSPS) is 15.8. The molecule has 0 rings (SSSR count). The van der Waals surface area contributed by atoms with Crippen molar-refractivity contribution in [2.24, 2.45) is 0 Å². The molecular formula is C6H5ClO5-2. The van der Waals surface area contributed by atoms with Gasteiger partial charge in [-0.3, -0.25) is 0 Å². The molecule has 0 bridgehead atoms. The average Bonchev–Trinajstić information content (AvgIpc) is 1.98. The van der Waals surface area contributed by atoms with E-state index in [1.54, 1.807) is 0 Å². The van der Waals surface area contributed by atoms with Crippen molar-refractivity contribution in [1.29, 1.82) is 0 Å². The van der Waals surface area contributed by atoms with Crippen LogP contribution in [0.3, 0.4) is 0 Å². The summed E-state index contributed by atoms with van der Waals surface area (Å²) in [4.78, 5) is 19.8. The second kappa shape index (κ2) is 4.74. The third-order valence-corrected chi connectivity index (χ3v) is 1.39. The largest absolute Gasteiger partial charge is 0.548 e. The highest BCUT2D eigenvalue weighted by Crippen LogP contribution is 2.02. The van der Waals surface area contributed by atoms with Crippen molar-refractivity contribution in [3.05, 3.63) is 12.2 Å². The lowest BCUT2D eigenvalue weighted by atomic mass is 10.2. The van der Waals surface area contributed by atoms with Crippen molar-refractivity contribution in [3.63, 3.8) is 0 Å². The van der Waals surface area contributed by atoms with Crippen molar-refractivity contribution in [3.8, 4) is 0 Å². The number of carboxylic acids is 2. The summed E-state index contributed by atoms with van der Waals surface area (Å²) in [7, 11) is 0. The van der Waals surface area contributed by atoms with Crippen LogP contribution in [0.5, 0.6) is 0 Å². The zero-order valence-electron chi connectivity index (χ0n) is 5.77. The molecule has 2 unspecified atom stereocenters. The van der Waals surface area contributed by atoms with Gasteiger partial charge in [-0.15, -0.1) is 11.6 Å². The maximum atomic E-state index is 9.99. The molecule has 0 spiro atoms. The van der Waals surface area contributed by atoms with Crippen LogP contribution in [-0.4, -0.2) is 28.5 Å². The van der Waals surface area contributed by atoms with Crippen molar-refractivity contribution in [2.45, 2.75) is 11.5 Å². The minimum absolute atomic E-state index is 0.489. The minimum Gasteiger partial charge on any atom is -0.548 e. The van der Waals surface area contributed by atoms with Gasteiger partial charge in [-0.2, -0.15) is 0 Å². The second-order valence-corrected chi connectivity index (χ2v) is 2.36. The summed E-state index contributed by atoms with van der Waals surface area (Å²) >= 11 is 5.07. The van der Waals surface area contributed by atoms with Crippen LogP contribution in [0.4, 0.5) is 0 Å². The Kier molecular flexibility index (Phi) is 4.31. The predicted octanol–water partition coefficient (Wildman–Crippen LogP) is -2.99. The van der Waals surface area contributed by atoms with E-state index in [4.69, 9.17) is 16.7 Å². The zero-order chi connectivity index (χ0) is 9.72. The van der Waals surface area contributed by atoms with E-state index >= 15 is 0 Å². The predicted molar refractivity (Wildman–Crippen MR) is 34.8 cm³/mol. The molecule has 1 N–H and O–H groups in total. The van der Waals surface area contributed by atoms with Gasteiger partial charge in [-0.05, 0) is 6.08 Å². The van der Waals surface area contributed by atoms with E-state index in [1.807, 2.05) is 0 Å². The summed E-state index contributed by atoms with van der Waals surface area (Å²) in [6.45, 7) is 0. The van der Waals surface area contributed by atoms with Crippen LogP contribution in [0.15, 0.2) is 12.2 Å². The second-order valence-electron chi connectivity index (χ2n) is 1.89. The molecule has 0 aliphatic heterocycles. The molecule has 0 aromatic heterocycles. The molecule has 12 heavy (non-hydrogen) atoms. The van der Waals surface area contributed by atoms with E-state index in [0.717, 1.165) is 0 Å². The number of carboxylic acid groups (broad SMARTS) is 2. The van der Waals surface area contributed by atoms with Crippen LogP contribution in [-0.2, 0) is 9.59 Å². The third kappa shape index (κ3) is 3.95. The van der Waals surface area contributed by atoms with E-state index in [-0.39, 0.29) is 0 Å². The van der Waals surface area contributed by atoms with Gasteiger partial charge in [0.15, 0.2) is 0 Å². The topological polar surface area (TPSA) is 100 Å². The first kappa shape index (κ1) is 10.9. The molecule has 2 atom stereocenters. The molecule has 6 heteroatoms. The minimum atomic E-state index is -1.67. The van der Waals surface area contributed by atoms with E-state index in [9.17, 15) is 19.8 Å². The highest BCUT2D eigenvalue weighted by Gasteiger charge is 2.13. The molecule has 0 saturated carbocycles. The van der Waals surface area contributed by atoms with Crippen molar-refractivity contribution in [2.75, 3.05) is 0 Å². The Morgan fingerprint density at radius 1 is 1.42 bits per heavy atom. The van der Waals surface area contributed by atoms with Crippen LogP contribution in [0, 0.1) is 0 Å². The molecular weight excluding hydrogens is 188 g/mol. The molecule has 0 saturated heterocycles. The van der Waals surface area contributed by atoms with Crippen LogP contribution in [0.1, 0.15) is 0 Å². The maximum Gasteiger partial charge on any atom is 0.102 e. The van der Waals surface area contributed by atoms with E-state index < -0.39 is 23.4 Å². The number of hydrogen-bond acceptors (Lipinski definition) is 5. The lowest BCUT2D eigenvalue weighted by molar-refractivity contribution is -0.306. The fourth-order valence-electron chi connectivity index (χ4n) is 0.414. The Bertz CT molecular complexity index is 212. The van der Waals surface area contributed by atoms with E-state index in [1.165, 1.54) is 0 Å². The van der Waals surface area contributed by atoms with Gasteiger partial charge >= 0.3 is 0 Å². The zero-order valence-corrected chi connectivity index (χ0v) is 6.52. The van der Waals surface area contributed by atoms with Gasteiger partial charge < -0.3 is 24.9 Å². The summed E-state index contributed by atoms with van der Waals surface area (Å²) in [5.74, 6) is -3.22. The van der Waals surface area contributed by atoms with Crippen LogP contribution in [0.2, 0.25) is 0 Å². The Morgan fingerprint density at radius 3 is 2.25 bits per heavy atom. The van der Waals surface area contributed by atoms with Gasteiger partial charge in [0.25, 0.3) is 0 Å². The maximum absolute atomic E-state index is 9.99. The first-order valence-corrected chi connectivity index (χ1v) is 3.31. The fraction of sp³-hybridized carbons (Fsp3) is 0.333. The number of hydrogen-bond donors (Lipinski definition) is 1. The first-order chi connectivity index (χ1) is 5.45. The summed E-state index contributed by atoms with van der Waals surface area (Å²) in [5.41, 5.74) is 0. The lowest BCUT2D eigenvalue weighted by Gasteiger charge is -2.13. The molecule has 0 aromatic carbocycles. The smallest absolute Gasteiger partial charge is 0.102 e. The van der Waals surface area contributed by atoms with E-state index in [0.29, 0.717) is 12.2 Å². The van der Waals surface area contributed by atoms with Crippen molar-refractivity contribution >= 4 is 23.5 Å². The highest BCUT2D eigenvalue weighted by molar-refractivity contribution is 6.29. The summed E-state index contributed by atoms with van der Waals surface area (Å²) in [5, 5.41) is 26.9. The molecule has 0 fully saturated rings. The Hall–Kier alpha value is -1.07. The van der Waals surface area contributed by atoms with E-state index in [2.05, 4.69) is 0 Å². The van der Waals surface area contributed by atoms with Crippen molar-refractivity contribution < 1.29 is 24.9 Å². The SMILES string of the molecule is O=C([O-])/C=C\C(O)C(Cl)C(=O)[O-]. The molecule has 5 nitrogen and oxygen atoms in total. The standard InChI is InChI=1S/C6H7ClO5/c7-5(6(11)12)3(8)1-2-4(9)10/h1-3,5,8H,(H,9,10)(H,11,12)/p-2/b2-1-. The van der Waals surface area contributed by atoms with Gasteiger partial charge in [-0.1, -0.05) is 6.08 Å². The van der Waals surface area contributed by atoms with Gasteiger partial charge in [0.2, 0.25) is 0 Å². The van der Waals surface area contributed by atoms with Crippen LogP contribution in [0.25, 0.3) is 0 Å². The Balaban J connectivity index is 4.12. The highest BCUT2D eigenvalue weighted by atomic mass is 35.5. The van der Waals surface area contributed by atoms with Gasteiger partial charge in [0.1, 0.15) is 5.38 Å². The number of aliphatic hydroxyl groups is 1. The molecule has 0 aliphatic rings. The summed E-state index contributed by atoms with van der Waals surface area (Å²) < 4.78 is 0. The Labute approximate surface area is 72.9 Å². The number of aliphatic carboxylic acids is 2. The number of rotatable bonds is 4. The van der Waals surface area contributed by atoms with Crippen molar-refractivity contribution in [1.82, 2.24) is 0 Å². The molecule has 0 aromatic rings. The average molecular weight is 193 g/mol. The molecule has 0 amide bonds. The Morgan fingerprint density at radius 2 is 1.92 bits per heavy atom. The first-order valence-electron chi connectivity index (χ1n) is 2.87. The van der Waals surface area contributed by atoms with Gasteiger partial charge in [0, 0.05) is 0 Å². The number of aliphatic hydroxyl groups excluding tert-OH is 1. The molecule has 0 radical (unpaired) electrons. The number of halogens is 1. The lowest BCUT2D eigenvalue weighted by Crippen LogP contribution is -2.39. The molecule has 0 aliphatic carbocycles. The monoisotopic (exact) mass is 192 g/mol. The summed E-state index contributed by atoms with van der Waals surface area (Å²) in [6, 6.07) is 0. The summed E-state index contributed by atoms with van der Waals surface area (Å²) in [6.07, 6.45) is -0.416. The number of carbonyl (C=O) groups excluding carboxylic acids is 2. The number of carbonyl (C=O) groups is 2. The van der Waals surface area contributed by atoms with Crippen LogP contribution >= 0.6 is 11.6 Å². The van der Waals surface area contributed by atoms with Crippen LogP contribution < -0.4 is 10.2 Å². The van der Waals surface area contributed by atoms with Gasteiger partial charge in [-0.25, -0.2) is 0 Å². The third-order valence-electron chi connectivity index (χ3n) is 0.954. The number of alkyl halides is 1. The quantitative estimate of drug-likeness (QED) is 0.378. The van der Waals surface area contributed by atoms with Gasteiger partial charge in [0.05, 0.1) is 18.0 Å².